The molecule has 0 spiro atoms. The maximum absolute atomic E-state index is 8.57. The van der Waals surface area contributed by atoms with Gasteiger partial charge in [0.05, 0.1) is 0 Å². The first-order valence-electron chi connectivity index (χ1n) is 6.08. The number of rotatable bonds is 6. The van der Waals surface area contributed by atoms with Gasteiger partial charge in [-0.1, -0.05) is 38.8 Å². The van der Waals surface area contributed by atoms with Crippen molar-refractivity contribution in [3.8, 4) is 0 Å². The summed E-state index contributed by atoms with van der Waals surface area (Å²) in [5.41, 5.74) is 6.57. The van der Waals surface area contributed by atoms with Crippen molar-refractivity contribution in [2.75, 3.05) is 6.54 Å². The number of benzene rings is 1. The summed E-state index contributed by atoms with van der Waals surface area (Å²) in [6, 6.07) is 6.22. The van der Waals surface area contributed by atoms with Crippen LogP contribution in [-0.2, 0) is 6.54 Å². The van der Waals surface area contributed by atoms with Gasteiger partial charge < -0.3 is 10.9 Å². The molecule has 0 aliphatic carbocycles. The fourth-order valence-electron chi connectivity index (χ4n) is 1.70. The van der Waals surface area contributed by atoms with Crippen LogP contribution in [0.1, 0.15) is 25.8 Å². The maximum atomic E-state index is 8.57. The first-order chi connectivity index (χ1) is 8.93. The van der Waals surface area contributed by atoms with Gasteiger partial charge in [-0.3, -0.25) is 4.90 Å². The lowest BCUT2D eigenvalue weighted by Crippen LogP contribution is -2.33. The van der Waals surface area contributed by atoms with Crippen LogP contribution in [-0.4, -0.2) is 28.5 Å². The average molecular weight is 349 g/mol. The molecule has 0 aromatic heterocycles. The van der Waals surface area contributed by atoms with Gasteiger partial charge in [-0.2, -0.15) is 0 Å². The quantitative estimate of drug-likeness (QED) is 0.358. The lowest BCUT2D eigenvalue weighted by molar-refractivity contribution is 0.218. The molecule has 0 amide bonds. The molecule has 0 unspecified atom stereocenters. The van der Waals surface area contributed by atoms with Crippen LogP contribution in [0.4, 0.5) is 0 Å². The average Bonchev–Trinajstić information content (AvgIpc) is 2.35. The highest BCUT2D eigenvalue weighted by molar-refractivity contribution is 9.10. The van der Waals surface area contributed by atoms with Crippen molar-refractivity contribution in [2.45, 2.75) is 32.9 Å². The third kappa shape index (κ3) is 5.38. The molecule has 0 saturated heterocycles. The van der Waals surface area contributed by atoms with Gasteiger partial charge in [-0.05, 0) is 31.5 Å². The molecule has 1 aromatic rings. The van der Waals surface area contributed by atoms with E-state index in [1.165, 1.54) is 0 Å². The zero-order chi connectivity index (χ0) is 14.4. The smallest absolute Gasteiger partial charge is 0.140 e. The molecule has 3 N–H and O–H groups in total. The van der Waals surface area contributed by atoms with E-state index in [1.54, 1.807) is 0 Å². The van der Waals surface area contributed by atoms with Gasteiger partial charge in [0, 0.05) is 35.0 Å². The number of nitrogens with zero attached hydrogens (tertiary/aromatic N) is 2. The number of oxime groups is 1. The van der Waals surface area contributed by atoms with Gasteiger partial charge in [0.2, 0.25) is 0 Å². The Labute approximate surface area is 127 Å². The normalized spacial score (nSPS) is 12.4. The zero-order valence-electron chi connectivity index (χ0n) is 11.1. The van der Waals surface area contributed by atoms with E-state index in [2.05, 4.69) is 39.8 Å². The fourth-order valence-corrected chi connectivity index (χ4v) is 2.43. The first-order valence-corrected chi connectivity index (χ1v) is 7.25. The summed E-state index contributed by atoms with van der Waals surface area (Å²) in [6.45, 7) is 5.68. The second kappa shape index (κ2) is 7.72. The van der Waals surface area contributed by atoms with Gasteiger partial charge in [-0.15, -0.1) is 0 Å². The largest absolute Gasteiger partial charge is 0.409 e. The third-order valence-corrected chi connectivity index (χ3v) is 3.75. The first kappa shape index (κ1) is 16.3. The number of amidine groups is 1. The summed E-state index contributed by atoms with van der Waals surface area (Å²) in [4.78, 5) is 2.23. The van der Waals surface area contributed by atoms with E-state index in [9.17, 15) is 0 Å². The van der Waals surface area contributed by atoms with Crippen molar-refractivity contribution in [2.24, 2.45) is 10.9 Å². The van der Waals surface area contributed by atoms with Crippen molar-refractivity contribution in [3.63, 3.8) is 0 Å². The molecule has 0 heterocycles. The van der Waals surface area contributed by atoms with E-state index in [0.717, 1.165) is 28.1 Å². The van der Waals surface area contributed by atoms with E-state index < -0.39 is 0 Å². The molecule has 1 aromatic carbocycles. The Bertz CT molecular complexity index is 452. The molecular weight excluding hydrogens is 330 g/mol. The molecule has 0 saturated carbocycles. The summed E-state index contributed by atoms with van der Waals surface area (Å²) >= 11 is 9.62. The predicted octanol–water partition coefficient (Wildman–Crippen LogP) is 3.45. The van der Waals surface area contributed by atoms with Crippen LogP contribution in [0.5, 0.6) is 0 Å². The summed E-state index contributed by atoms with van der Waals surface area (Å²) < 4.78 is 0.967. The minimum Gasteiger partial charge on any atom is -0.409 e. The van der Waals surface area contributed by atoms with Crippen LogP contribution in [0.15, 0.2) is 27.8 Å². The summed E-state index contributed by atoms with van der Waals surface area (Å²) in [5, 5.41) is 12.3. The SMILES string of the molecule is CC(C)N(CC/C(N)=N/O)Cc1ccc(Br)cc1Cl. The van der Waals surface area contributed by atoms with Crippen molar-refractivity contribution in [1.82, 2.24) is 4.90 Å². The summed E-state index contributed by atoms with van der Waals surface area (Å²) in [6.07, 6.45) is 0.531. The number of hydrogen-bond donors (Lipinski definition) is 2. The molecule has 19 heavy (non-hydrogen) atoms. The van der Waals surface area contributed by atoms with Gasteiger partial charge in [-0.25, -0.2) is 0 Å². The zero-order valence-corrected chi connectivity index (χ0v) is 13.4. The number of nitrogens with two attached hydrogens (primary N) is 1. The lowest BCUT2D eigenvalue weighted by Gasteiger charge is -2.26. The third-order valence-electron chi connectivity index (χ3n) is 2.90. The monoisotopic (exact) mass is 347 g/mol. The van der Waals surface area contributed by atoms with E-state index in [-0.39, 0.29) is 5.84 Å². The second-order valence-electron chi connectivity index (χ2n) is 4.64. The lowest BCUT2D eigenvalue weighted by atomic mass is 10.1. The highest BCUT2D eigenvalue weighted by atomic mass is 79.9. The predicted molar refractivity (Wildman–Crippen MR) is 82.7 cm³/mol. The summed E-state index contributed by atoms with van der Waals surface area (Å²) in [7, 11) is 0. The topological polar surface area (TPSA) is 61.8 Å². The standard InChI is InChI=1S/C13H19BrClN3O/c1-9(2)18(6-5-13(16)17-19)8-10-3-4-11(14)7-12(10)15/h3-4,7,9,19H,5-6,8H2,1-2H3,(H2,16,17). The second-order valence-corrected chi connectivity index (χ2v) is 5.96. The van der Waals surface area contributed by atoms with Crippen LogP contribution < -0.4 is 5.73 Å². The van der Waals surface area contributed by atoms with E-state index >= 15 is 0 Å². The van der Waals surface area contributed by atoms with E-state index in [1.807, 2.05) is 18.2 Å². The molecule has 0 aliphatic rings. The summed E-state index contributed by atoms with van der Waals surface area (Å²) in [5.74, 6) is 0.243. The molecule has 6 heteroatoms. The molecule has 0 radical (unpaired) electrons. The van der Waals surface area contributed by atoms with Crippen molar-refractivity contribution in [3.05, 3.63) is 33.3 Å². The molecule has 0 atom stereocenters. The Kier molecular flexibility index (Phi) is 6.62. The molecule has 4 nitrogen and oxygen atoms in total. The Balaban J connectivity index is 2.72. The highest BCUT2D eigenvalue weighted by Crippen LogP contribution is 2.23. The van der Waals surface area contributed by atoms with Crippen molar-refractivity contribution < 1.29 is 5.21 Å². The minimum atomic E-state index is 0.243. The van der Waals surface area contributed by atoms with Gasteiger partial charge >= 0.3 is 0 Å². The van der Waals surface area contributed by atoms with Crippen LogP contribution in [0.25, 0.3) is 0 Å². The molecule has 0 bridgehead atoms. The van der Waals surface area contributed by atoms with Crippen LogP contribution in [0, 0.1) is 0 Å². The Morgan fingerprint density at radius 1 is 1.53 bits per heavy atom. The van der Waals surface area contributed by atoms with Gasteiger partial charge in [0.25, 0.3) is 0 Å². The van der Waals surface area contributed by atoms with Gasteiger partial charge in [0.15, 0.2) is 0 Å². The van der Waals surface area contributed by atoms with Crippen molar-refractivity contribution >= 4 is 33.4 Å². The van der Waals surface area contributed by atoms with E-state index in [0.29, 0.717) is 12.5 Å². The molecule has 0 aliphatic heterocycles. The van der Waals surface area contributed by atoms with Crippen LogP contribution in [0.2, 0.25) is 5.02 Å². The minimum absolute atomic E-state index is 0.243. The Morgan fingerprint density at radius 3 is 2.74 bits per heavy atom. The van der Waals surface area contributed by atoms with Crippen LogP contribution in [0.3, 0.4) is 0 Å². The molecule has 1 rings (SSSR count). The molecule has 0 fully saturated rings. The van der Waals surface area contributed by atoms with Crippen LogP contribution >= 0.6 is 27.5 Å². The fraction of sp³-hybridized carbons (Fsp3) is 0.462. The molecular formula is C13H19BrClN3O. The Hall–Kier alpha value is -0.780. The highest BCUT2D eigenvalue weighted by Gasteiger charge is 2.13. The van der Waals surface area contributed by atoms with Gasteiger partial charge in [0.1, 0.15) is 5.84 Å². The van der Waals surface area contributed by atoms with E-state index in [4.69, 9.17) is 22.5 Å². The molecule has 106 valence electrons. The Morgan fingerprint density at radius 2 is 2.21 bits per heavy atom. The number of hydrogen-bond acceptors (Lipinski definition) is 3. The maximum Gasteiger partial charge on any atom is 0.140 e. The van der Waals surface area contributed by atoms with Crippen molar-refractivity contribution in [1.29, 1.82) is 0 Å². The number of halogens is 2.